The van der Waals surface area contributed by atoms with Gasteiger partial charge in [0.15, 0.2) is 0 Å². The molecule has 3 atom stereocenters. The Morgan fingerprint density at radius 1 is 1.29 bits per heavy atom. The van der Waals surface area contributed by atoms with Crippen LogP contribution in [0.3, 0.4) is 0 Å². The van der Waals surface area contributed by atoms with Gasteiger partial charge in [0.25, 0.3) is 0 Å². The Kier molecular flexibility index (Phi) is 5.02. The Morgan fingerprint density at radius 3 is 2.71 bits per heavy atom. The van der Waals surface area contributed by atoms with E-state index in [1.807, 2.05) is 0 Å². The average molecular weight is 271 g/mol. The van der Waals surface area contributed by atoms with Crippen LogP contribution in [0.1, 0.15) is 38.5 Å². The average Bonchev–Trinajstić information content (AvgIpc) is 2.40. The fraction of sp³-hybridized carbons (Fsp3) is 0.846. The van der Waals surface area contributed by atoms with E-state index >= 15 is 0 Å². The van der Waals surface area contributed by atoms with Gasteiger partial charge in [-0.15, -0.1) is 12.3 Å². The van der Waals surface area contributed by atoms with Gasteiger partial charge in [-0.2, -0.15) is 0 Å². The highest BCUT2D eigenvalue weighted by molar-refractivity contribution is 6.77. The highest BCUT2D eigenvalue weighted by Gasteiger charge is 2.41. The van der Waals surface area contributed by atoms with Crippen molar-refractivity contribution in [1.29, 1.82) is 0 Å². The third kappa shape index (κ3) is 3.31. The van der Waals surface area contributed by atoms with E-state index in [1.54, 1.807) is 0 Å². The van der Waals surface area contributed by atoms with Gasteiger partial charge in [0, 0.05) is 23.8 Å². The summed E-state index contributed by atoms with van der Waals surface area (Å²) < 4.78 is 12.3. The monoisotopic (exact) mass is 270 g/mol. The van der Waals surface area contributed by atoms with Crippen molar-refractivity contribution in [3.05, 3.63) is 12.3 Å². The number of ether oxygens (including phenoxy) is 2. The highest BCUT2D eigenvalue weighted by Crippen LogP contribution is 2.30. The van der Waals surface area contributed by atoms with Crippen molar-refractivity contribution in [3.63, 3.8) is 0 Å². The lowest BCUT2D eigenvalue weighted by molar-refractivity contribution is 0.0155. The molecule has 0 radical (unpaired) electrons. The molecule has 2 aliphatic rings. The molecular weight excluding hydrogens is 244 g/mol. The molecule has 0 amide bonds. The molecular formula is C13H26O2Si2. The van der Waals surface area contributed by atoms with Crippen LogP contribution < -0.4 is 0 Å². The van der Waals surface area contributed by atoms with Gasteiger partial charge in [-0.1, -0.05) is 6.55 Å². The first-order valence-electron chi connectivity index (χ1n) is 7.15. The Morgan fingerprint density at radius 2 is 2.12 bits per heavy atom. The van der Waals surface area contributed by atoms with Crippen molar-refractivity contribution < 1.29 is 9.47 Å². The van der Waals surface area contributed by atoms with E-state index in [2.05, 4.69) is 18.8 Å². The molecule has 4 heteroatoms. The van der Waals surface area contributed by atoms with Gasteiger partial charge in [0.1, 0.15) is 0 Å². The van der Waals surface area contributed by atoms with Crippen LogP contribution in [0.25, 0.3) is 0 Å². The summed E-state index contributed by atoms with van der Waals surface area (Å²) in [6.07, 6.45) is 7.80. The molecule has 2 rings (SSSR count). The molecule has 98 valence electrons. The first-order valence-corrected chi connectivity index (χ1v) is 11.1. The summed E-state index contributed by atoms with van der Waals surface area (Å²) in [7, 11) is -1.25. The van der Waals surface area contributed by atoms with Gasteiger partial charge < -0.3 is 9.47 Å². The fourth-order valence-corrected chi connectivity index (χ4v) is 9.66. The van der Waals surface area contributed by atoms with E-state index in [0.29, 0.717) is 5.73 Å². The topological polar surface area (TPSA) is 18.5 Å². The summed E-state index contributed by atoms with van der Waals surface area (Å²) in [4.78, 5) is 0.280. The van der Waals surface area contributed by atoms with Gasteiger partial charge in [-0.3, -0.25) is 0 Å². The summed E-state index contributed by atoms with van der Waals surface area (Å²) in [5.41, 5.74) is 2.80. The third-order valence-corrected chi connectivity index (χ3v) is 12.2. The molecule has 2 aliphatic heterocycles. The fourth-order valence-electron chi connectivity index (χ4n) is 3.15. The van der Waals surface area contributed by atoms with E-state index in [-0.39, 0.29) is 14.4 Å². The van der Waals surface area contributed by atoms with Crippen molar-refractivity contribution in [1.82, 2.24) is 0 Å². The molecule has 0 aromatic heterocycles. The Labute approximate surface area is 109 Å². The molecule has 2 fully saturated rings. The Hall–Kier alpha value is 0.0938. The molecule has 0 aliphatic carbocycles. The van der Waals surface area contributed by atoms with Crippen LogP contribution in [-0.4, -0.2) is 42.1 Å². The second kappa shape index (κ2) is 6.32. The molecule has 2 heterocycles. The summed E-state index contributed by atoms with van der Waals surface area (Å²) in [6, 6.07) is 0. The normalized spacial score (nSPS) is 37.1. The van der Waals surface area contributed by atoms with Gasteiger partial charge in [-0.25, -0.2) is 0 Å². The van der Waals surface area contributed by atoms with Crippen molar-refractivity contribution in [2.24, 2.45) is 0 Å². The zero-order valence-corrected chi connectivity index (χ0v) is 13.7. The lowest BCUT2D eigenvalue weighted by Gasteiger charge is -2.43. The van der Waals surface area contributed by atoms with Crippen LogP contribution in [0.15, 0.2) is 12.3 Å². The maximum atomic E-state index is 6.29. The van der Waals surface area contributed by atoms with Crippen molar-refractivity contribution in [3.8, 4) is 0 Å². The smallest absolute Gasteiger partial charge is 0.0903 e. The van der Waals surface area contributed by atoms with Gasteiger partial charge >= 0.3 is 0 Å². The van der Waals surface area contributed by atoms with E-state index in [1.165, 1.54) is 38.5 Å². The quantitative estimate of drug-likeness (QED) is 0.724. The molecule has 0 N–H and O–H groups in total. The Bertz CT molecular complexity index is 246. The summed E-state index contributed by atoms with van der Waals surface area (Å²) >= 11 is 0. The van der Waals surface area contributed by atoms with E-state index in [9.17, 15) is 0 Å². The van der Waals surface area contributed by atoms with Crippen LogP contribution in [0.5, 0.6) is 0 Å². The molecule has 17 heavy (non-hydrogen) atoms. The van der Waals surface area contributed by atoms with E-state index in [4.69, 9.17) is 9.47 Å². The van der Waals surface area contributed by atoms with Gasteiger partial charge in [0.05, 0.1) is 18.3 Å². The maximum absolute atomic E-state index is 6.29. The van der Waals surface area contributed by atoms with Crippen molar-refractivity contribution >= 4 is 18.3 Å². The molecule has 0 aromatic carbocycles. The summed E-state index contributed by atoms with van der Waals surface area (Å²) in [5.74, 6) is 0. The number of hydrogen-bond acceptors (Lipinski definition) is 2. The standard InChI is InChI=1S/C13H26O2Si2/c1-3-17(2)13(9-5-7-11-15-13)16-12-8-4-6-10-14-12/h3,12,17H,1,4-11,16H2,2H3. The lowest BCUT2D eigenvalue weighted by Crippen LogP contribution is -2.57. The van der Waals surface area contributed by atoms with Crippen LogP contribution in [0, 0.1) is 0 Å². The lowest BCUT2D eigenvalue weighted by atomic mass is 10.2. The second-order valence-electron chi connectivity index (χ2n) is 5.59. The predicted octanol–water partition coefficient (Wildman–Crippen LogP) is 1.70. The van der Waals surface area contributed by atoms with Gasteiger partial charge in [-0.05, 0) is 38.5 Å². The summed E-state index contributed by atoms with van der Waals surface area (Å²) in [5, 5.41) is 0. The maximum Gasteiger partial charge on any atom is 0.0903 e. The molecule has 0 bridgehead atoms. The van der Waals surface area contributed by atoms with Crippen molar-refractivity contribution in [2.45, 2.75) is 55.6 Å². The molecule has 0 spiro atoms. The number of hydrogen-bond donors (Lipinski definition) is 0. The zero-order chi connectivity index (χ0) is 12.1. The highest BCUT2D eigenvalue weighted by atomic mass is 28.3. The minimum absolute atomic E-state index is 0.280. The minimum Gasteiger partial charge on any atom is -0.382 e. The number of rotatable bonds is 4. The van der Waals surface area contributed by atoms with E-state index < -0.39 is 8.80 Å². The largest absolute Gasteiger partial charge is 0.382 e. The van der Waals surface area contributed by atoms with Crippen LogP contribution in [0.2, 0.25) is 6.55 Å². The van der Waals surface area contributed by atoms with Crippen LogP contribution in [-0.2, 0) is 9.47 Å². The minimum atomic E-state index is -0.946. The van der Waals surface area contributed by atoms with E-state index in [0.717, 1.165) is 13.2 Å². The first-order chi connectivity index (χ1) is 8.27. The SMILES string of the molecule is C=C[SiH](C)C1([SiH2]C2CCCCO2)CCCCO1. The zero-order valence-electron chi connectivity index (χ0n) is 11.1. The predicted molar refractivity (Wildman–Crippen MR) is 77.9 cm³/mol. The second-order valence-corrected chi connectivity index (χ2v) is 12.0. The van der Waals surface area contributed by atoms with Crippen LogP contribution in [0.4, 0.5) is 0 Å². The van der Waals surface area contributed by atoms with Gasteiger partial charge in [0.2, 0.25) is 0 Å². The third-order valence-electron chi connectivity index (χ3n) is 4.41. The Balaban J connectivity index is 2.01. The molecule has 0 saturated carbocycles. The van der Waals surface area contributed by atoms with Crippen LogP contribution >= 0.6 is 0 Å². The molecule has 3 unspecified atom stereocenters. The first kappa shape index (κ1) is 13.5. The molecule has 2 nitrogen and oxygen atoms in total. The summed E-state index contributed by atoms with van der Waals surface area (Å²) in [6.45, 7) is 8.41. The molecule has 2 saturated heterocycles. The van der Waals surface area contributed by atoms with Crippen molar-refractivity contribution in [2.75, 3.05) is 13.2 Å². The molecule has 0 aromatic rings.